The molecule has 0 aliphatic carbocycles. The van der Waals surface area contributed by atoms with Crippen molar-refractivity contribution >= 4 is 43.6 Å². The molecule has 9 rings (SSSR count). The number of halogens is 6. The van der Waals surface area contributed by atoms with Gasteiger partial charge in [0.05, 0.1) is 56.2 Å². The molecule has 0 saturated carbocycles. The highest BCUT2D eigenvalue weighted by molar-refractivity contribution is 6.12. The van der Waals surface area contributed by atoms with Gasteiger partial charge in [-0.15, -0.1) is 0 Å². The van der Waals surface area contributed by atoms with E-state index in [1.807, 2.05) is 92.9 Å². The second-order valence-electron chi connectivity index (χ2n) is 15.1. The van der Waals surface area contributed by atoms with Gasteiger partial charge in [0.25, 0.3) is 0 Å². The Balaban J connectivity index is 1.42. The molecule has 58 heavy (non-hydrogen) atoms. The zero-order valence-electron chi connectivity index (χ0n) is 31.7. The van der Waals surface area contributed by atoms with Crippen molar-refractivity contribution in [3.05, 3.63) is 166 Å². The molecule has 3 nitrogen and oxygen atoms in total. The molecule has 0 fully saturated rings. The van der Waals surface area contributed by atoms with Crippen molar-refractivity contribution in [3.8, 4) is 39.7 Å². The van der Waals surface area contributed by atoms with Crippen LogP contribution in [-0.4, -0.2) is 9.13 Å². The number of alkyl halides is 6. The lowest BCUT2D eigenvalue weighted by Crippen LogP contribution is -2.12. The van der Waals surface area contributed by atoms with E-state index in [1.54, 1.807) is 18.2 Å². The minimum absolute atomic E-state index is 0.0898. The largest absolute Gasteiger partial charge is 0.417 e. The normalized spacial score (nSPS) is 12.3. The molecule has 0 radical (unpaired) electrons. The summed E-state index contributed by atoms with van der Waals surface area (Å²) in [7, 11) is 0. The minimum atomic E-state index is -5.08. The SMILES string of the molecule is Cc1ccc2c(c1)c1cc(C)ccc1n2-c1cc(C#N)ccc1-c1ccc(-c2ccc(C(F)(F)F)cc2C(F)(F)F)cc1-n1c2ccc(C)cc2c2cc(C)ccc21. The van der Waals surface area contributed by atoms with Crippen molar-refractivity contribution in [2.24, 2.45) is 0 Å². The molecule has 0 aliphatic heterocycles. The van der Waals surface area contributed by atoms with Gasteiger partial charge in [-0.1, -0.05) is 70.8 Å². The first kappa shape index (κ1) is 36.8. The molecule has 7 aromatic carbocycles. The van der Waals surface area contributed by atoms with Gasteiger partial charge in [-0.2, -0.15) is 31.6 Å². The Morgan fingerprint density at radius 1 is 0.431 bits per heavy atom. The Labute approximate surface area is 329 Å². The van der Waals surface area contributed by atoms with Crippen LogP contribution in [0.1, 0.15) is 38.9 Å². The van der Waals surface area contributed by atoms with Crippen LogP contribution in [0.15, 0.2) is 127 Å². The monoisotopic (exact) mass is 777 g/mol. The van der Waals surface area contributed by atoms with Crippen molar-refractivity contribution in [1.82, 2.24) is 9.13 Å². The summed E-state index contributed by atoms with van der Waals surface area (Å²) in [6.45, 7) is 8.05. The summed E-state index contributed by atoms with van der Waals surface area (Å²) in [6.07, 6.45) is -10.0. The van der Waals surface area contributed by atoms with Crippen LogP contribution < -0.4 is 0 Å². The van der Waals surface area contributed by atoms with E-state index in [4.69, 9.17) is 0 Å². The van der Waals surface area contributed by atoms with Crippen LogP contribution in [-0.2, 0) is 12.4 Å². The number of nitriles is 1. The summed E-state index contributed by atoms with van der Waals surface area (Å²) < 4.78 is 89.6. The second-order valence-corrected chi connectivity index (χ2v) is 15.1. The van der Waals surface area contributed by atoms with Gasteiger partial charge < -0.3 is 9.13 Å². The predicted octanol–water partition coefficient (Wildman–Crippen LogP) is 14.4. The summed E-state index contributed by atoms with van der Waals surface area (Å²) in [5.41, 5.74) is 7.48. The van der Waals surface area contributed by atoms with Crippen LogP contribution in [0.4, 0.5) is 26.3 Å². The Hall–Kier alpha value is -6.79. The smallest absolute Gasteiger partial charge is 0.309 e. The molecular formula is C49H33F6N3. The maximum Gasteiger partial charge on any atom is 0.417 e. The average molecular weight is 778 g/mol. The van der Waals surface area contributed by atoms with Crippen LogP contribution in [0.3, 0.4) is 0 Å². The fraction of sp³-hybridized carbons (Fsp3) is 0.122. The molecule has 9 heteroatoms. The molecule has 0 aliphatic rings. The molecular weight excluding hydrogens is 745 g/mol. The van der Waals surface area contributed by atoms with Crippen molar-refractivity contribution in [1.29, 1.82) is 5.26 Å². The number of aryl methyl sites for hydroxylation is 4. The van der Waals surface area contributed by atoms with Crippen LogP contribution in [0.5, 0.6) is 0 Å². The highest BCUT2D eigenvalue weighted by atomic mass is 19.4. The summed E-state index contributed by atoms with van der Waals surface area (Å²) >= 11 is 0. The van der Waals surface area contributed by atoms with E-state index in [1.165, 1.54) is 6.07 Å². The van der Waals surface area contributed by atoms with E-state index in [9.17, 15) is 31.6 Å². The molecule has 2 aromatic heterocycles. The van der Waals surface area contributed by atoms with Crippen LogP contribution in [0.2, 0.25) is 0 Å². The van der Waals surface area contributed by atoms with E-state index in [2.05, 4.69) is 34.9 Å². The zero-order valence-corrected chi connectivity index (χ0v) is 31.7. The third kappa shape index (κ3) is 5.99. The highest BCUT2D eigenvalue weighted by Crippen LogP contribution is 2.46. The average Bonchev–Trinajstić information content (AvgIpc) is 3.67. The lowest BCUT2D eigenvalue weighted by Gasteiger charge is -2.21. The third-order valence-corrected chi connectivity index (χ3v) is 11.0. The van der Waals surface area contributed by atoms with Crippen LogP contribution in [0.25, 0.3) is 77.2 Å². The van der Waals surface area contributed by atoms with E-state index in [-0.39, 0.29) is 17.2 Å². The van der Waals surface area contributed by atoms with Gasteiger partial charge in [0.1, 0.15) is 0 Å². The summed E-state index contributed by atoms with van der Waals surface area (Å²) in [4.78, 5) is 0. The lowest BCUT2D eigenvalue weighted by molar-refractivity contribution is -0.142. The quantitative estimate of drug-likeness (QED) is 0.164. The topological polar surface area (TPSA) is 33.6 Å². The highest BCUT2D eigenvalue weighted by Gasteiger charge is 2.38. The van der Waals surface area contributed by atoms with Gasteiger partial charge in [0.15, 0.2) is 0 Å². The predicted molar refractivity (Wildman–Crippen MR) is 220 cm³/mol. The molecule has 9 aromatic rings. The van der Waals surface area contributed by atoms with Gasteiger partial charge in [-0.25, -0.2) is 0 Å². The first-order valence-electron chi connectivity index (χ1n) is 18.6. The number of nitrogens with zero attached hydrogens (tertiary/aromatic N) is 3. The molecule has 286 valence electrons. The van der Waals surface area contributed by atoms with E-state index >= 15 is 0 Å². The molecule has 0 saturated heterocycles. The van der Waals surface area contributed by atoms with Gasteiger partial charge >= 0.3 is 12.4 Å². The number of aromatic nitrogens is 2. The Kier molecular flexibility index (Phi) is 8.34. The molecule has 0 atom stereocenters. The van der Waals surface area contributed by atoms with Gasteiger partial charge in [-0.05, 0) is 118 Å². The van der Waals surface area contributed by atoms with E-state index in [0.717, 1.165) is 71.9 Å². The van der Waals surface area contributed by atoms with Gasteiger partial charge in [0.2, 0.25) is 0 Å². The van der Waals surface area contributed by atoms with Crippen molar-refractivity contribution in [2.45, 2.75) is 40.0 Å². The summed E-state index contributed by atoms with van der Waals surface area (Å²) in [5.74, 6) is 0. The molecule has 0 bridgehead atoms. The molecule has 2 heterocycles. The van der Waals surface area contributed by atoms with Crippen molar-refractivity contribution < 1.29 is 26.3 Å². The maximum absolute atomic E-state index is 14.7. The lowest BCUT2D eigenvalue weighted by atomic mass is 9.92. The number of fused-ring (bicyclic) bond motifs is 6. The van der Waals surface area contributed by atoms with Gasteiger partial charge in [0, 0.05) is 32.7 Å². The van der Waals surface area contributed by atoms with Crippen LogP contribution in [0, 0.1) is 39.0 Å². The zero-order chi connectivity index (χ0) is 40.8. The van der Waals surface area contributed by atoms with Crippen molar-refractivity contribution in [2.75, 3.05) is 0 Å². The maximum atomic E-state index is 14.7. The minimum Gasteiger partial charge on any atom is -0.309 e. The van der Waals surface area contributed by atoms with E-state index < -0.39 is 23.5 Å². The Bertz CT molecular complexity index is 3090. The Morgan fingerprint density at radius 3 is 1.26 bits per heavy atom. The third-order valence-electron chi connectivity index (χ3n) is 11.0. The van der Waals surface area contributed by atoms with Crippen LogP contribution >= 0.6 is 0 Å². The molecule has 0 unspecified atom stereocenters. The number of benzene rings is 7. The number of hydrogen-bond donors (Lipinski definition) is 0. The number of hydrogen-bond acceptors (Lipinski definition) is 1. The first-order chi connectivity index (χ1) is 27.6. The Morgan fingerprint density at radius 2 is 0.845 bits per heavy atom. The molecule has 0 amide bonds. The molecule has 0 N–H and O–H groups in total. The fourth-order valence-electron chi connectivity index (χ4n) is 8.35. The standard InChI is InChI=1S/C49H33F6N3/c1-27-5-15-42-37(19-27)38-20-28(2)6-16-43(38)57(42)46-23-31(26-56)9-12-35(46)36-13-10-32(34-14-11-33(48(50,51)52)25-41(34)49(53,54)55)24-47(36)58-44-17-7-29(3)21-39(44)40-22-30(4)8-18-45(40)58/h5-25H,1-4H3. The second kappa shape index (κ2) is 13.1. The summed E-state index contributed by atoms with van der Waals surface area (Å²) in [6, 6.07) is 38.8. The fourth-order valence-corrected chi connectivity index (χ4v) is 8.35. The van der Waals surface area contributed by atoms with E-state index in [0.29, 0.717) is 34.1 Å². The summed E-state index contributed by atoms with van der Waals surface area (Å²) in [5, 5.41) is 14.1. The first-order valence-corrected chi connectivity index (χ1v) is 18.6. The molecule has 0 spiro atoms. The number of rotatable bonds is 4. The van der Waals surface area contributed by atoms with Crippen molar-refractivity contribution in [3.63, 3.8) is 0 Å². The van der Waals surface area contributed by atoms with Gasteiger partial charge in [-0.3, -0.25) is 0 Å².